The van der Waals surface area contributed by atoms with Gasteiger partial charge in [-0.3, -0.25) is 9.48 Å². The maximum Gasteiger partial charge on any atom is 0.274 e. The molecule has 2 aromatic rings. The van der Waals surface area contributed by atoms with Crippen LogP contribution in [0, 0.1) is 5.82 Å². The third kappa shape index (κ3) is 2.78. The van der Waals surface area contributed by atoms with Crippen LogP contribution in [0.4, 0.5) is 4.39 Å². The second-order valence-corrected chi connectivity index (χ2v) is 4.84. The normalized spacial score (nSPS) is 11.4. The van der Waals surface area contributed by atoms with Crippen molar-refractivity contribution in [2.45, 2.75) is 19.4 Å². The topological polar surface area (TPSA) is 59.8 Å². The molecule has 100 valence electrons. The SMILES string of the molecule is Cn1cc(C(=O)NC(C)(C)c2ccccc2F)nn1. The molecule has 0 saturated heterocycles. The molecule has 0 aliphatic heterocycles. The molecular weight excluding hydrogens is 247 g/mol. The van der Waals surface area contributed by atoms with Gasteiger partial charge in [0, 0.05) is 12.6 Å². The molecule has 19 heavy (non-hydrogen) atoms. The summed E-state index contributed by atoms with van der Waals surface area (Å²) in [6.07, 6.45) is 1.51. The number of hydrogen-bond donors (Lipinski definition) is 1. The molecule has 0 unspecified atom stereocenters. The molecule has 0 saturated carbocycles. The number of amides is 1. The molecule has 0 fully saturated rings. The van der Waals surface area contributed by atoms with Gasteiger partial charge in [-0.15, -0.1) is 5.10 Å². The Morgan fingerprint density at radius 3 is 2.63 bits per heavy atom. The Morgan fingerprint density at radius 2 is 2.05 bits per heavy atom. The predicted octanol–water partition coefficient (Wildman–Crippen LogP) is 1.62. The van der Waals surface area contributed by atoms with Crippen LogP contribution >= 0.6 is 0 Å². The molecule has 0 aliphatic rings. The van der Waals surface area contributed by atoms with E-state index in [2.05, 4.69) is 15.6 Å². The highest BCUT2D eigenvalue weighted by atomic mass is 19.1. The van der Waals surface area contributed by atoms with Gasteiger partial charge < -0.3 is 5.32 Å². The van der Waals surface area contributed by atoms with E-state index in [1.54, 1.807) is 39.1 Å². The zero-order chi connectivity index (χ0) is 14.0. The average Bonchev–Trinajstić information content (AvgIpc) is 2.76. The highest BCUT2D eigenvalue weighted by Gasteiger charge is 2.27. The van der Waals surface area contributed by atoms with Gasteiger partial charge in [0.2, 0.25) is 0 Å². The lowest BCUT2D eigenvalue weighted by Gasteiger charge is -2.26. The third-order valence-electron chi connectivity index (χ3n) is 2.81. The Morgan fingerprint density at radius 1 is 1.37 bits per heavy atom. The molecule has 1 N–H and O–H groups in total. The van der Waals surface area contributed by atoms with Gasteiger partial charge in [0.15, 0.2) is 5.69 Å². The first-order valence-corrected chi connectivity index (χ1v) is 5.84. The lowest BCUT2D eigenvalue weighted by molar-refractivity contribution is 0.0905. The van der Waals surface area contributed by atoms with Crippen molar-refractivity contribution in [1.82, 2.24) is 20.3 Å². The van der Waals surface area contributed by atoms with E-state index in [-0.39, 0.29) is 17.4 Å². The molecule has 1 aromatic heterocycles. The first-order chi connectivity index (χ1) is 8.90. The fraction of sp³-hybridized carbons (Fsp3) is 0.308. The molecule has 0 radical (unpaired) electrons. The number of aromatic nitrogens is 3. The van der Waals surface area contributed by atoms with E-state index in [1.807, 2.05) is 0 Å². The fourth-order valence-corrected chi connectivity index (χ4v) is 1.83. The zero-order valence-electron chi connectivity index (χ0n) is 11.0. The van der Waals surface area contributed by atoms with Crippen LogP contribution in [0.5, 0.6) is 0 Å². The smallest absolute Gasteiger partial charge is 0.274 e. The molecule has 6 heteroatoms. The number of carbonyl (C=O) groups is 1. The van der Waals surface area contributed by atoms with Gasteiger partial charge in [-0.25, -0.2) is 4.39 Å². The van der Waals surface area contributed by atoms with Crippen LogP contribution in [-0.4, -0.2) is 20.9 Å². The minimum absolute atomic E-state index is 0.201. The molecule has 0 bridgehead atoms. The van der Waals surface area contributed by atoms with Gasteiger partial charge in [-0.05, 0) is 19.9 Å². The predicted molar refractivity (Wildman–Crippen MR) is 67.9 cm³/mol. The maximum atomic E-state index is 13.8. The third-order valence-corrected chi connectivity index (χ3v) is 2.81. The summed E-state index contributed by atoms with van der Waals surface area (Å²) < 4.78 is 15.2. The highest BCUT2D eigenvalue weighted by Crippen LogP contribution is 2.23. The van der Waals surface area contributed by atoms with E-state index in [0.29, 0.717) is 5.56 Å². The van der Waals surface area contributed by atoms with E-state index in [0.717, 1.165) is 0 Å². The molecule has 1 aromatic carbocycles. The zero-order valence-corrected chi connectivity index (χ0v) is 11.0. The van der Waals surface area contributed by atoms with Crippen LogP contribution in [0.25, 0.3) is 0 Å². The maximum absolute atomic E-state index is 13.8. The fourth-order valence-electron chi connectivity index (χ4n) is 1.83. The number of halogens is 1. The Hall–Kier alpha value is -2.24. The number of carbonyl (C=O) groups excluding carboxylic acids is 1. The molecule has 0 spiro atoms. The lowest BCUT2D eigenvalue weighted by Crippen LogP contribution is -2.41. The summed E-state index contributed by atoms with van der Waals surface area (Å²) in [5, 5.41) is 10.2. The van der Waals surface area contributed by atoms with E-state index >= 15 is 0 Å². The van der Waals surface area contributed by atoms with Crippen molar-refractivity contribution in [3.8, 4) is 0 Å². The van der Waals surface area contributed by atoms with Gasteiger partial charge in [0.1, 0.15) is 5.82 Å². The van der Waals surface area contributed by atoms with E-state index < -0.39 is 5.54 Å². The van der Waals surface area contributed by atoms with Gasteiger partial charge >= 0.3 is 0 Å². The lowest BCUT2D eigenvalue weighted by atomic mass is 9.93. The van der Waals surface area contributed by atoms with Crippen LogP contribution in [0.2, 0.25) is 0 Å². The number of nitrogens with one attached hydrogen (secondary N) is 1. The number of rotatable bonds is 3. The van der Waals surface area contributed by atoms with Gasteiger partial charge in [0.05, 0.1) is 11.7 Å². The standard InChI is InChI=1S/C13H15FN4O/c1-13(2,9-6-4-5-7-10(9)14)15-12(19)11-8-18(3)17-16-11/h4-8H,1-3H3,(H,15,19). The first-order valence-electron chi connectivity index (χ1n) is 5.84. The van der Waals surface area contributed by atoms with Gasteiger partial charge in [-0.1, -0.05) is 23.4 Å². The Bertz CT molecular complexity index is 606. The minimum atomic E-state index is -0.833. The summed E-state index contributed by atoms with van der Waals surface area (Å²) in [4.78, 5) is 12.0. The number of nitrogens with zero attached hydrogens (tertiary/aromatic N) is 3. The van der Waals surface area contributed by atoms with Crippen LogP contribution in [0.15, 0.2) is 30.5 Å². The van der Waals surface area contributed by atoms with Crippen LogP contribution in [0.1, 0.15) is 29.9 Å². The second-order valence-electron chi connectivity index (χ2n) is 4.84. The van der Waals surface area contributed by atoms with Crippen LogP contribution in [0.3, 0.4) is 0 Å². The molecule has 0 aliphatic carbocycles. The van der Waals surface area contributed by atoms with E-state index in [4.69, 9.17) is 0 Å². The van der Waals surface area contributed by atoms with Crippen molar-refractivity contribution in [1.29, 1.82) is 0 Å². The Labute approximate surface area is 110 Å². The monoisotopic (exact) mass is 262 g/mol. The van der Waals surface area contributed by atoms with Crippen molar-refractivity contribution < 1.29 is 9.18 Å². The van der Waals surface area contributed by atoms with Crippen molar-refractivity contribution in [2.24, 2.45) is 7.05 Å². The summed E-state index contributed by atoms with van der Waals surface area (Å²) in [6.45, 7) is 3.47. The Kier molecular flexibility index (Phi) is 3.33. The van der Waals surface area contributed by atoms with Gasteiger partial charge in [0.25, 0.3) is 5.91 Å². The summed E-state index contributed by atoms with van der Waals surface area (Å²) in [7, 11) is 1.67. The van der Waals surface area contributed by atoms with Crippen molar-refractivity contribution in [3.05, 3.63) is 47.5 Å². The Balaban J connectivity index is 2.22. The molecule has 1 amide bonds. The molecule has 0 atom stereocenters. The molecule has 1 heterocycles. The summed E-state index contributed by atoms with van der Waals surface area (Å²) in [5.74, 6) is -0.742. The second kappa shape index (κ2) is 4.79. The summed E-state index contributed by atoms with van der Waals surface area (Å²) in [5.41, 5.74) is -0.209. The summed E-state index contributed by atoms with van der Waals surface area (Å²) in [6, 6.07) is 6.35. The van der Waals surface area contributed by atoms with Gasteiger partial charge in [-0.2, -0.15) is 0 Å². The number of hydrogen-bond acceptors (Lipinski definition) is 3. The molecule has 5 nitrogen and oxygen atoms in total. The average molecular weight is 262 g/mol. The number of aryl methyl sites for hydroxylation is 1. The largest absolute Gasteiger partial charge is 0.342 e. The van der Waals surface area contributed by atoms with Crippen LogP contribution in [-0.2, 0) is 12.6 Å². The number of benzene rings is 1. The summed E-state index contributed by atoms with van der Waals surface area (Å²) >= 11 is 0. The molecule has 2 rings (SSSR count). The highest BCUT2D eigenvalue weighted by molar-refractivity contribution is 5.92. The van der Waals surface area contributed by atoms with Crippen molar-refractivity contribution in [3.63, 3.8) is 0 Å². The first kappa shape index (κ1) is 13.2. The minimum Gasteiger partial charge on any atom is -0.342 e. The van der Waals surface area contributed by atoms with E-state index in [9.17, 15) is 9.18 Å². The van der Waals surface area contributed by atoms with E-state index in [1.165, 1.54) is 16.9 Å². The van der Waals surface area contributed by atoms with Crippen molar-refractivity contribution in [2.75, 3.05) is 0 Å². The van der Waals surface area contributed by atoms with Crippen molar-refractivity contribution >= 4 is 5.91 Å². The quantitative estimate of drug-likeness (QED) is 0.914. The molecular formula is C13H15FN4O. The van der Waals surface area contributed by atoms with Crippen LogP contribution < -0.4 is 5.32 Å².